The number of ether oxygens (including phenoxy) is 9. The molecule has 0 aliphatic carbocycles. The fourth-order valence-corrected chi connectivity index (χ4v) is 5.42. The standard InChI is InChI=1S/C33H37NO18/c1-16(36)44-15-24-26(45-17(2)37)28(46-18(3)38)30(47-19(4)39)33(50-24)52-27-25(40)23(14-35)49-32(48-22-12-10-21(11-13-22)34(42)43)29(27)51-31(41)20-8-6-5-7-9-20/h5-13,23-30,32-33,35,40H,14-15H2,1-4H3. The predicted octanol–water partition coefficient (Wildman–Crippen LogP) is 0.746. The van der Waals surface area contributed by atoms with Gasteiger partial charge < -0.3 is 52.8 Å². The van der Waals surface area contributed by atoms with Gasteiger partial charge in [0.15, 0.2) is 30.7 Å². The monoisotopic (exact) mass is 735 g/mol. The van der Waals surface area contributed by atoms with Crippen LogP contribution in [0.1, 0.15) is 38.1 Å². The van der Waals surface area contributed by atoms with Gasteiger partial charge in [-0.05, 0) is 24.3 Å². The molecular weight excluding hydrogens is 698 g/mol. The van der Waals surface area contributed by atoms with Gasteiger partial charge in [-0.15, -0.1) is 0 Å². The number of carbonyl (C=O) groups excluding carboxylic acids is 5. The Labute approximate surface area is 295 Å². The summed E-state index contributed by atoms with van der Waals surface area (Å²) in [6, 6.07) is 12.3. The van der Waals surface area contributed by atoms with Crippen molar-refractivity contribution in [2.75, 3.05) is 13.2 Å². The first kappa shape index (κ1) is 39.6. The molecule has 2 aromatic rings. The zero-order valence-corrected chi connectivity index (χ0v) is 28.3. The van der Waals surface area contributed by atoms with Crippen molar-refractivity contribution in [1.29, 1.82) is 0 Å². The maximum Gasteiger partial charge on any atom is 0.338 e. The highest BCUT2D eigenvalue weighted by Crippen LogP contribution is 2.35. The van der Waals surface area contributed by atoms with Crippen molar-refractivity contribution in [2.45, 2.75) is 89.1 Å². The number of aliphatic hydroxyl groups excluding tert-OH is 2. The Balaban J connectivity index is 1.79. The minimum Gasteiger partial charge on any atom is -0.463 e. The van der Waals surface area contributed by atoms with E-state index in [1.54, 1.807) is 18.2 Å². The molecule has 2 aliphatic rings. The van der Waals surface area contributed by atoms with Crippen LogP contribution in [-0.4, -0.2) is 120 Å². The highest BCUT2D eigenvalue weighted by Gasteiger charge is 2.57. The molecule has 10 unspecified atom stereocenters. The summed E-state index contributed by atoms with van der Waals surface area (Å²) in [4.78, 5) is 72.5. The molecule has 2 saturated heterocycles. The molecule has 19 heteroatoms. The van der Waals surface area contributed by atoms with Crippen LogP contribution in [0.5, 0.6) is 5.75 Å². The molecule has 2 heterocycles. The first-order chi connectivity index (χ1) is 24.7. The molecule has 4 rings (SSSR count). The Kier molecular flexibility index (Phi) is 13.6. The maximum atomic E-state index is 13.4. The van der Waals surface area contributed by atoms with E-state index in [0.717, 1.165) is 39.8 Å². The van der Waals surface area contributed by atoms with Crippen molar-refractivity contribution in [3.63, 3.8) is 0 Å². The van der Waals surface area contributed by atoms with Gasteiger partial charge in [0.25, 0.3) is 5.69 Å². The number of benzene rings is 2. The number of non-ortho nitro benzene ring substituents is 1. The predicted molar refractivity (Wildman–Crippen MR) is 168 cm³/mol. The van der Waals surface area contributed by atoms with Crippen LogP contribution in [0.2, 0.25) is 0 Å². The zero-order valence-electron chi connectivity index (χ0n) is 28.3. The largest absolute Gasteiger partial charge is 0.463 e. The van der Waals surface area contributed by atoms with E-state index in [4.69, 9.17) is 42.6 Å². The first-order valence-corrected chi connectivity index (χ1v) is 15.8. The fraction of sp³-hybridized carbons (Fsp3) is 0.485. The van der Waals surface area contributed by atoms with Gasteiger partial charge in [0.2, 0.25) is 6.29 Å². The Hall–Kier alpha value is -5.21. The van der Waals surface area contributed by atoms with Crippen molar-refractivity contribution in [2.24, 2.45) is 0 Å². The van der Waals surface area contributed by atoms with Crippen LogP contribution >= 0.6 is 0 Å². The van der Waals surface area contributed by atoms with Crippen molar-refractivity contribution in [3.05, 3.63) is 70.3 Å². The van der Waals surface area contributed by atoms with Crippen LogP contribution in [-0.2, 0) is 57.1 Å². The van der Waals surface area contributed by atoms with Crippen molar-refractivity contribution >= 4 is 35.5 Å². The summed E-state index contributed by atoms with van der Waals surface area (Å²) in [7, 11) is 0. The lowest BCUT2D eigenvalue weighted by atomic mass is 9.96. The quantitative estimate of drug-likeness (QED) is 0.125. The van der Waals surface area contributed by atoms with Crippen LogP contribution < -0.4 is 4.74 Å². The summed E-state index contributed by atoms with van der Waals surface area (Å²) < 4.78 is 51.1. The molecule has 0 radical (unpaired) electrons. The van der Waals surface area contributed by atoms with Crippen molar-refractivity contribution in [3.8, 4) is 5.75 Å². The Morgan fingerprint density at radius 2 is 1.27 bits per heavy atom. The maximum absolute atomic E-state index is 13.4. The third kappa shape index (κ3) is 10.2. The molecule has 0 bridgehead atoms. The van der Waals surface area contributed by atoms with Crippen LogP contribution in [0.4, 0.5) is 5.69 Å². The topological polar surface area (TPSA) is 252 Å². The van der Waals surface area contributed by atoms with Crippen LogP contribution in [0, 0.1) is 10.1 Å². The number of aliphatic hydroxyl groups is 2. The van der Waals surface area contributed by atoms with Gasteiger partial charge in [-0.25, -0.2) is 4.79 Å². The van der Waals surface area contributed by atoms with Gasteiger partial charge in [-0.1, -0.05) is 18.2 Å². The third-order valence-electron chi connectivity index (χ3n) is 7.59. The van der Waals surface area contributed by atoms with E-state index >= 15 is 0 Å². The lowest BCUT2D eigenvalue weighted by molar-refractivity contribution is -0.384. The summed E-state index contributed by atoms with van der Waals surface area (Å²) in [6.07, 6.45) is -16.7. The number of nitrogens with zero attached hydrogens (tertiary/aromatic N) is 1. The normalized spacial score (nSPS) is 28.4. The number of rotatable bonds is 13. The van der Waals surface area contributed by atoms with Gasteiger partial charge in [0.1, 0.15) is 36.8 Å². The molecular formula is C33H37NO18. The molecule has 2 aliphatic heterocycles. The molecule has 2 fully saturated rings. The van der Waals surface area contributed by atoms with E-state index < -0.39 is 109 Å². The highest BCUT2D eigenvalue weighted by molar-refractivity contribution is 5.89. The minimum atomic E-state index is -1.85. The average Bonchev–Trinajstić information content (AvgIpc) is 3.08. The number of nitro groups is 1. The zero-order chi connectivity index (χ0) is 38.1. The molecule has 0 spiro atoms. The van der Waals surface area contributed by atoms with Crippen LogP contribution in [0.15, 0.2) is 54.6 Å². The molecule has 2 N–H and O–H groups in total. The third-order valence-corrected chi connectivity index (χ3v) is 7.59. The van der Waals surface area contributed by atoms with Gasteiger partial charge in [-0.3, -0.25) is 29.3 Å². The van der Waals surface area contributed by atoms with E-state index in [2.05, 4.69) is 0 Å². The fourth-order valence-electron chi connectivity index (χ4n) is 5.42. The Morgan fingerprint density at radius 3 is 1.83 bits per heavy atom. The number of hydrogen-bond acceptors (Lipinski definition) is 18. The van der Waals surface area contributed by atoms with Crippen molar-refractivity contribution < 1.29 is 81.7 Å². The Bertz CT molecular complexity index is 1580. The second-order valence-electron chi connectivity index (χ2n) is 11.5. The van der Waals surface area contributed by atoms with E-state index in [1.807, 2.05) is 0 Å². The van der Waals surface area contributed by atoms with E-state index in [1.165, 1.54) is 24.3 Å². The summed E-state index contributed by atoms with van der Waals surface area (Å²) in [6.45, 7) is 2.74. The molecule has 10 atom stereocenters. The second kappa shape index (κ2) is 17.8. The summed E-state index contributed by atoms with van der Waals surface area (Å²) in [5.74, 6) is -4.45. The minimum absolute atomic E-state index is 0.0181. The van der Waals surface area contributed by atoms with Gasteiger partial charge in [-0.2, -0.15) is 0 Å². The smallest absolute Gasteiger partial charge is 0.338 e. The first-order valence-electron chi connectivity index (χ1n) is 15.8. The lowest BCUT2D eigenvalue weighted by Gasteiger charge is -2.48. The van der Waals surface area contributed by atoms with Gasteiger partial charge in [0.05, 0.1) is 17.1 Å². The number of carbonyl (C=O) groups is 5. The second-order valence-corrected chi connectivity index (χ2v) is 11.5. The van der Waals surface area contributed by atoms with Crippen LogP contribution in [0.25, 0.3) is 0 Å². The summed E-state index contributed by atoms with van der Waals surface area (Å²) in [5, 5.41) is 32.8. The molecule has 0 aromatic heterocycles. The summed E-state index contributed by atoms with van der Waals surface area (Å²) >= 11 is 0. The Morgan fingerprint density at radius 1 is 0.712 bits per heavy atom. The lowest BCUT2D eigenvalue weighted by Crippen LogP contribution is -2.67. The van der Waals surface area contributed by atoms with Crippen LogP contribution in [0.3, 0.4) is 0 Å². The number of esters is 5. The van der Waals surface area contributed by atoms with Crippen molar-refractivity contribution in [1.82, 2.24) is 0 Å². The molecule has 2 aromatic carbocycles. The van der Waals surface area contributed by atoms with E-state index in [-0.39, 0.29) is 17.0 Å². The van der Waals surface area contributed by atoms with E-state index in [0.29, 0.717) is 0 Å². The van der Waals surface area contributed by atoms with Gasteiger partial charge in [0, 0.05) is 39.8 Å². The molecule has 0 saturated carbocycles. The number of hydrogen-bond donors (Lipinski definition) is 2. The molecule has 19 nitrogen and oxygen atoms in total. The SMILES string of the molecule is CC(=O)OCC1OC(OC2C(O)C(CO)OC(Oc3ccc([N+](=O)[O-])cc3)C2OC(=O)c2ccccc2)C(OC(C)=O)C(OC(C)=O)C1OC(C)=O. The molecule has 282 valence electrons. The summed E-state index contributed by atoms with van der Waals surface area (Å²) in [5.41, 5.74) is -0.209. The average molecular weight is 736 g/mol. The highest BCUT2D eigenvalue weighted by atomic mass is 16.8. The molecule has 52 heavy (non-hydrogen) atoms. The van der Waals surface area contributed by atoms with E-state index in [9.17, 15) is 44.3 Å². The van der Waals surface area contributed by atoms with Gasteiger partial charge >= 0.3 is 29.8 Å². The number of nitro benzene ring substituents is 1. The molecule has 0 amide bonds.